The van der Waals surface area contributed by atoms with Gasteiger partial charge in [-0.3, -0.25) is 4.79 Å². The van der Waals surface area contributed by atoms with Gasteiger partial charge in [-0.1, -0.05) is 37.1 Å². The Morgan fingerprint density at radius 2 is 1.97 bits per heavy atom. The van der Waals surface area contributed by atoms with E-state index in [9.17, 15) is 4.79 Å². The van der Waals surface area contributed by atoms with Gasteiger partial charge in [0.15, 0.2) is 5.58 Å². The number of nitrogens with zero attached hydrogens (tertiary/aromatic N) is 1. The summed E-state index contributed by atoms with van der Waals surface area (Å²) < 4.78 is 11.5. The lowest BCUT2D eigenvalue weighted by Crippen LogP contribution is -2.12. The van der Waals surface area contributed by atoms with Crippen molar-refractivity contribution in [2.24, 2.45) is 0 Å². The molecule has 0 aliphatic rings. The number of anilines is 1. The molecule has 30 heavy (non-hydrogen) atoms. The molecule has 0 fully saturated rings. The number of unbranched alkanes of at least 4 members (excludes halogenated alkanes) is 1. The van der Waals surface area contributed by atoms with Crippen LogP contribution in [-0.4, -0.2) is 17.5 Å². The van der Waals surface area contributed by atoms with Crippen molar-refractivity contribution in [1.29, 1.82) is 0 Å². The fourth-order valence-electron chi connectivity index (χ4n) is 3.02. The summed E-state index contributed by atoms with van der Waals surface area (Å²) in [5.41, 5.74) is 3.29. The Kier molecular flexibility index (Phi) is 6.00. The Labute approximate surface area is 179 Å². The van der Waals surface area contributed by atoms with Crippen LogP contribution in [0.4, 0.5) is 5.69 Å². The molecule has 152 valence electrons. The second kappa shape index (κ2) is 9.01. The van der Waals surface area contributed by atoms with E-state index in [1.165, 1.54) is 0 Å². The zero-order valence-corrected chi connectivity index (χ0v) is 17.3. The average molecular weight is 421 g/mol. The predicted molar refractivity (Wildman–Crippen MR) is 119 cm³/mol. The van der Waals surface area contributed by atoms with Gasteiger partial charge in [-0.25, -0.2) is 4.98 Å². The number of nitrogens with one attached hydrogen (secondary N) is 1. The zero-order valence-electron chi connectivity index (χ0n) is 16.5. The molecule has 5 nitrogen and oxygen atoms in total. The maximum absolute atomic E-state index is 12.7. The number of hydrogen-bond acceptors (Lipinski definition) is 4. The first kappa shape index (κ1) is 20.0. The first-order valence-corrected chi connectivity index (χ1v) is 10.2. The molecular weight excluding hydrogens is 400 g/mol. The quantitative estimate of drug-likeness (QED) is 0.343. The Morgan fingerprint density at radius 1 is 1.10 bits per heavy atom. The van der Waals surface area contributed by atoms with E-state index < -0.39 is 0 Å². The number of fused-ring (bicyclic) bond motifs is 1. The highest BCUT2D eigenvalue weighted by Crippen LogP contribution is 2.28. The van der Waals surface area contributed by atoms with Crippen molar-refractivity contribution in [3.8, 4) is 17.2 Å². The number of carbonyl (C=O) groups is 1. The van der Waals surface area contributed by atoms with Crippen molar-refractivity contribution in [3.63, 3.8) is 0 Å². The lowest BCUT2D eigenvalue weighted by atomic mass is 10.1. The number of rotatable bonds is 7. The van der Waals surface area contributed by atoms with E-state index in [1.54, 1.807) is 30.3 Å². The molecule has 0 bridgehead atoms. The first-order valence-electron chi connectivity index (χ1n) is 9.83. The molecule has 0 saturated heterocycles. The summed E-state index contributed by atoms with van der Waals surface area (Å²) in [6.07, 6.45) is 2.04. The van der Waals surface area contributed by atoms with Crippen LogP contribution in [-0.2, 0) is 0 Å². The smallest absolute Gasteiger partial charge is 0.255 e. The van der Waals surface area contributed by atoms with E-state index in [2.05, 4.69) is 17.2 Å². The van der Waals surface area contributed by atoms with Gasteiger partial charge in [-0.2, -0.15) is 0 Å². The molecule has 0 unspecified atom stereocenters. The number of carbonyl (C=O) groups excluding carboxylic acids is 1. The molecule has 0 spiro atoms. The molecule has 4 aromatic rings. The number of hydrogen-bond donors (Lipinski definition) is 1. The summed E-state index contributed by atoms with van der Waals surface area (Å²) in [5.74, 6) is 0.946. The van der Waals surface area contributed by atoms with Crippen molar-refractivity contribution in [1.82, 2.24) is 4.98 Å². The third-order valence-electron chi connectivity index (χ3n) is 4.58. The van der Waals surface area contributed by atoms with Crippen LogP contribution in [0.2, 0.25) is 5.02 Å². The molecule has 1 heterocycles. The number of aromatic nitrogens is 1. The molecule has 4 rings (SSSR count). The average Bonchev–Trinajstić information content (AvgIpc) is 3.18. The predicted octanol–water partition coefficient (Wildman–Crippen LogP) is 6.58. The summed E-state index contributed by atoms with van der Waals surface area (Å²) in [7, 11) is 0. The van der Waals surface area contributed by atoms with Crippen molar-refractivity contribution < 1.29 is 13.9 Å². The van der Waals surface area contributed by atoms with Crippen molar-refractivity contribution in [2.75, 3.05) is 11.9 Å². The van der Waals surface area contributed by atoms with Gasteiger partial charge in [-0.15, -0.1) is 0 Å². The van der Waals surface area contributed by atoms with Gasteiger partial charge in [0.1, 0.15) is 11.3 Å². The van der Waals surface area contributed by atoms with E-state index in [0.717, 1.165) is 18.4 Å². The number of amides is 1. The normalized spacial score (nSPS) is 10.9. The first-order chi connectivity index (χ1) is 14.6. The number of halogens is 1. The number of ether oxygens (including phenoxy) is 1. The Morgan fingerprint density at radius 3 is 2.83 bits per heavy atom. The molecular formula is C24H21ClN2O3. The number of benzene rings is 3. The van der Waals surface area contributed by atoms with E-state index in [-0.39, 0.29) is 5.91 Å². The van der Waals surface area contributed by atoms with Gasteiger partial charge in [-0.05, 0) is 61.0 Å². The molecule has 1 N–H and O–H groups in total. The molecule has 0 atom stereocenters. The molecule has 0 saturated carbocycles. The van der Waals surface area contributed by atoms with Crippen LogP contribution in [0, 0.1) is 0 Å². The Hall–Kier alpha value is -3.31. The molecule has 1 aromatic heterocycles. The lowest BCUT2D eigenvalue weighted by Gasteiger charge is -2.09. The fourth-order valence-corrected chi connectivity index (χ4v) is 3.19. The van der Waals surface area contributed by atoms with E-state index in [1.807, 2.05) is 36.4 Å². The topological polar surface area (TPSA) is 64.4 Å². The zero-order chi connectivity index (χ0) is 20.9. The summed E-state index contributed by atoms with van der Waals surface area (Å²) in [6.45, 7) is 2.75. The Balaban J connectivity index is 1.51. The van der Waals surface area contributed by atoms with E-state index in [4.69, 9.17) is 20.8 Å². The van der Waals surface area contributed by atoms with Gasteiger partial charge < -0.3 is 14.5 Å². The molecule has 0 aliphatic heterocycles. The maximum atomic E-state index is 12.7. The SMILES string of the molecule is CCCCOc1cccc(C(=O)Nc2cccc(-c3nc4cc(Cl)ccc4o3)c2)c1. The van der Waals surface area contributed by atoms with Gasteiger partial charge in [0.25, 0.3) is 5.91 Å². The maximum Gasteiger partial charge on any atom is 0.255 e. The van der Waals surface area contributed by atoms with Crippen LogP contribution >= 0.6 is 11.6 Å². The van der Waals surface area contributed by atoms with E-state index in [0.29, 0.717) is 45.6 Å². The monoisotopic (exact) mass is 420 g/mol. The minimum atomic E-state index is -0.211. The van der Waals surface area contributed by atoms with E-state index >= 15 is 0 Å². The summed E-state index contributed by atoms with van der Waals surface area (Å²) in [6, 6.07) is 19.9. The minimum absolute atomic E-state index is 0.211. The Bertz CT molecular complexity index is 1190. The standard InChI is InChI=1S/C24H21ClN2O3/c1-2-3-12-29-20-9-5-6-16(14-20)23(28)26-19-8-4-7-17(13-19)24-27-21-15-18(25)10-11-22(21)30-24/h4-11,13-15H,2-3,12H2,1H3,(H,26,28). The van der Waals surface area contributed by atoms with Gasteiger partial charge in [0, 0.05) is 21.8 Å². The molecule has 3 aromatic carbocycles. The van der Waals surface area contributed by atoms with Crippen LogP contribution in [0.1, 0.15) is 30.1 Å². The number of oxazole rings is 1. The van der Waals surface area contributed by atoms with Gasteiger partial charge in [0.2, 0.25) is 5.89 Å². The molecule has 0 radical (unpaired) electrons. The third-order valence-corrected chi connectivity index (χ3v) is 4.81. The highest BCUT2D eigenvalue weighted by Gasteiger charge is 2.11. The largest absolute Gasteiger partial charge is 0.494 e. The highest BCUT2D eigenvalue weighted by atomic mass is 35.5. The van der Waals surface area contributed by atoms with Crippen molar-refractivity contribution >= 4 is 34.3 Å². The van der Waals surface area contributed by atoms with Crippen molar-refractivity contribution in [3.05, 3.63) is 77.3 Å². The van der Waals surface area contributed by atoms with Crippen LogP contribution in [0.25, 0.3) is 22.6 Å². The van der Waals surface area contributed by atoms with Gasteiger partial charge >= 0.3 is 0 Å². The summed E-state index contributed by atoms with van der Waals surface area (Å²) >= 11 is 6.02. The summed E-state index contributed by atoms with van der Waals surface area (Å²) in [5, 5.41) is 3.52. The highest BCUT2D eigenvalue weighted by molar-refractivity contribution is 6.31. The van der Waals surface area contributed by atoms with Crippen LogP contribution < -0.4 is 10.1 Å². The molecule has 0 aliphatic carbocycles. The van der Waals surface area contributed by atoms with Crippen molar-refractivity contribution in [2.45, 2.75) is 19.8 Å². The fraction of sp³-hybridized carbons (Fsp3) is 0.167. The molecule has 1 amide bonds. The van der Waals surface area contributed by atoms with Crippen LogP contribution in [0.3, 0.4) is 0 Å². The second-order valence-corrected chi connectivity index (χ2v) is 7.33. The lowest BCUT2D eigenvalue weighted by molar-refractivity contribution is 0.102. The summed E-state index contributed by atoms with van der Waals surface area (Å²) in [4.78, 5) is 17.2. The second-order valence-electron chi connectivity index (χ2n) is 6.90. The minimum Gasteiger partial charge on any atom is -0.494 e. The van der Waals surface area contributed by atoms with Crippen LogP contribution in [0.5, 0.6) is 5.75 Å². The van der Waals surface area contributed by atoms with Gasteiger partial charge in [0.05, 0.1) is 6.61 Å². The molecule has 6 heteroatoms. The van der Waals surface area contributed by atoms with Crippen LogP contribution in [0.15, 0.2) is 71.1 Å². The third kappa shape index (κ3) is 4.63.